The monoisotopic (exact) mass is 375 g/mol. The second kappa shape index (κ2) is 7.04. The molecule has 5 heteroatoms. The fraction of sp³-hybridized carbons (Fsp3) is 0.435. The van der Waals surface area contributed by atoms with Crippen LogP contribution in [0.2, 0.25) is 0 Å². The Morgan fingerprint density at radius 2 is 1.79 bits per heavy atom. The molecule has 0 radical (unpaired) electrons. The molecule has 0 bridgehead atoms. The van der Waals surface area contributed by atoms with E-state index < -0.39 is 0 Å². The normalized spacial score (nSPS) is 14.2. The highest BCUT2D eigenvalue weighted by Gasteiger charge is 2.27. The standard InChI is InChI=1S/C23H29N5/c1-16-20(13-18-9-7-6-8-10-18)22(26-17(2)25-16)27-12-11-21-19(15-27)14-24-28(21)23(3,4)5/h6-10,14H,11-13,15H2,1-5H3. The van der Waals surface area contributed by atoms with Gasteiger partial charge in [0, 0.05) is 48.4 Å². The Morgan fingerprint density at radius 1 is 1.04 bits per heavy atom. The lowest BCUT2D eigenvalue weighted by Crippen LogP contribution is -2.35. The molecule has 146 valence electrons. The fourth-order valence-corrected chi connectivity index (χ4v) is 4.08. The van der Waals surface area contributed by atoms with E-state index in [1.165, 1.54) is 22.4 Å². The van der Waals surface area contributed by atoms with Crippen LogP contribution in [0.1, 0.15) is 54.7 Å². The summed E-state index contributed by atoms with van der Waals surface area (Å²) in [6, 6.07) is 10.6. The third kappa shape index (κ3) is 3.53. The summed E-state index contributed by atoms with van der Waals surface area (Å²) in [7, 11) is 0. The third-order valence-corrected chi connectivity index (χ3v) is 5.40. The van der Waals surface area contributed by atoms with Crippen molar-refractivity contribution in [2.75, 3.05) is 11.4 Å². The predicted molar refractivity (Wildman–Crippen MR) is 113 cm³/mol. The SMILES string of the molecule is Cc1nc(C)c(Cc2ccccc2)c(N2CCc3c(cnn3C(C)(C)C)C2)n1. The van der Waals surface area contributed by atoms with E-state index in [0.717, 1.165) is 43.3 Å². The number of benzene rings is 1. The van der Waals surface area contributed by atoms with E-state index in [1.54, 1.807) is 0 Å². The maximum atomic E-state index is 4.87. The molecule has 5 nitrogen and oxygen atoms in total. The smallest absolute Gasteiger partial charge is 0.136 e. The van der Waals surface area contributed by atoms with Crippen LogP contribution in [0.3, 0.4) is 0 Å². The zero-order valence-electron chi connectivity index (χ0n) is 17.5. The van der Waals surface area contributed by atoms with Gasteiger partial charge in [-0.05, 0) is 40.2 Å². The van der Waals surface area contributed by atoms with Crippen LogP contribution in [-0.2, 0) is 24.9 Å². The Morgan fingerprint density at radius 3 is 2.50 bits per heavy atom. The molecule has 28 heavy (non-hydrogen) atoms. The van der Waals surface area contributed by atoms with Crippen LogP contribution in [0.25, 0.3) is 0 Å². The van der Waals surface area contributed by atoms with Gasteiger partial charge in [0.05, 0.1) is 11.7 Å². The molecule has 0 atom stereocenters. The highest BCUT2D eigenvalue weighted by molar-refractivity contribution is 5.53. The van der Waals surface area contributed by atoms with Gasteiger partial charge in [-0.3, -0.25) is 4.68 Å². The number of aryl methyl sites for hydroxylation is 2. The van der Waals surface area contributed by atoms with E-state index in [1.807, 2.05) is 13.1 Å². The number of rotatable bonds is 3. The van der Waals surface area contributed by atoms with Crippen molar-refractivity contribution in [2.45, 2.75) is 59.5 Å². The number of aromatic nitrogens is 4. The van der Waals surface area contributed by atoms with Crippen molar-refractivity contribution in [3.05, 3.63) is 70.4 Å². The molecule has 0 fully saturated rings. The van der Waals surface area contributed by atoms with Crippen LogP contribution < -0.4 is 4.90 Å². The molecule has 0 spiro atoms. The molecule has 0 amide bonds. The van der Waals surface area contributed by atoms with Crippen molar-refractivity contribution in [1.82, 2.24) is 19.7 Å². The minimum atomic E-state index is 0.0102. The predicted octanol–water partition coefficient (Wildman–Crippen LogP) is 4.20. The van der Waals surface area contributed by atoms with Crippen LogP contribution in [0.4, 0.5) is 5.82 Å². The second-order valence-corrected chi connectivity index (χ2v) is 8.69. The molecule has 4 rings (SSSR count). The lowest BCUT2D eigenvalue weighted by Gasteiger charge is -2.32. The minimum Gasteiger partial charge on any atom is -0.351 e. The average Bonchev–Trinajstić information content (AvgIpc) is 3.08. The average molecular weight is 376 g/mol. The Balaban J connectivity index is 1.69. The molecule has 0 aliphatic carbocycles. The summed E-state index contributed by atoms with van der Waals surface area (Å²) >= 11 is 0. The van der Waals surface area contributed by atoms with Gasteiger partial charge in [-0.25, -0.2) is 9.97 Å². The van der Waals surface area contributed by atoms with Crippen molar-refractivity contribution in [1.29, 1.82) is 0 Å². The summed E-state index contributed by atoms with van der Waals surface area (Å²) in [5, 5.41) is 4.68. The zero-order valence-corrected chi connectivity index (χ0v) is 17.5. The molecule has 0 unspecified atom stereocenters. The van der Waals surface area contributed by atoms with Gasteiger partial charge in [0.15, 0.2) is 0 Å². The molecule has 1 aromatic carbocycles. The van der Waals surface area contributed by atoms with E-state index in [0.29, 0.717) is 0 Å². The zero-order chi connectivity index (χ0) is 19.9. The maximum absolute atomic E-state index is 4.87. The minimum absolute atomic E-state index is 0.0102. The summed E-state index contributed by atoms with van der Waals surface area (Å²) in [5.41, 5.74) is 6.26. The van der Waals surface area contributed by atoms with Crippen LogP contribution in [0.15, 0.2) is 36.5 Å². The third-order valence-electron chi connectivity index (χ3n) is 5.40. The number of hydrogen-bond donors (Lipinski definition) is 0. The molecule has 1 aliphatic heterocycles. The Bertz CT molecular complexity index is 982. The van der Waals surface area contributed by atoms with Gasteiger partial charge in [0.25, 0.3) is 0 Å². The van der Waals surface area contributed by atoms with Gasteiger partial charge in [0.2, 0.25) is 0 Å². The summed E-state index contributed by atoms with van der Waals surface area (Å²) < 4.78 is 2.18. The van der Waals surface area contributed by atoms with Crippen LogP contribution in [-0.4, -0.2) is 26.3 Å². The number of hydrogen-bond acceptors (Lipinski definition) is 4. The van der Waals surface area contributed by atoms with Crippen molar-refractivity contribution in [3.63, 3.8) is 0 Å². The van der Waals surface area contributed by atoms with Crippen LogP contribution in [0.5, 0.6) is 0 Å². The molecule has 0 N–H and O–H groups in total. The Hall–Kier alpha value is -2.69. The molecular weight excluding hydrogens is 346 g/mol. The first kappa shape index (κ1) is 18.7. The number of fused-ring (bicyclic) bond motifs is 1. The lowest BCUT2D eigenvalue weighted by atomic mass is 10.0. The fourth-order valence-electron chi connectivity index (χ4n) is 4.08. The van der Waals surface area contributed by atoms with E-state index in [9.17, 15) is 0 Å². The van der Waals surface area contributed by atoms with Crippen LogP contribution in [0, 0.1) is 13.8 Å². The molecule has 3 heterocycles. The molecule has 3 aromatic rings. The van der Waals surface area contributed by atoms with Crippen molar-refractivity contribution in [3.8, 4) is 0 Å². The van der Waals surface area contributed by atoms with Gasteiger partial charge in [0.1, 0.15) is 11.6 Å². The van der Waals surface area contributed by atoms with E-state index >= 15 is 0 Å². The van der Waals surface area contributed by atoms with Gasteiger partial charge in [-0.2, -0.15) is 5.10 Å². The lowest BCUT2D eigenvalue weighted by molar-refractivity contribution is 0.341. The van der Waals surface area contributed by atoms with Gasteiger partial charge >= 0.3 is 0 Å². The Kier molecular flexibility index (Phi) is 4.69. The van der Waals surface area contributed by atoms with Gasteiger partial charge in [-0.1, -0.05) is 30.3 Å². The first-order chi connectivity index (χ1) is 13.3. The first-order valence-corrected chi connectivity index (χ1v) is 10.0. The highest BCUT2D eigenvalue weighted by Crippen LogP contribution is 2.30. The summed E-state index contributed by atoms with van der Waals surface area (Å²) in [5.74, 6) is 1.91. The summed E-state index contributed by atoms with van der Waals surface area (Å²) in [4.78, 5) is 11.9. The Labute approximate surface area is 167 Å². The first-order valence-electron chi connectivity index (χ1n) is 10.0. The van der Waals surface area contributed by atoms with E-state index in [-0.39, 0.29) is 5.54 Å². The van der Waals surface area contributed by atoms with Crippen molar-refractivity contribution in [2.24, 2.45) is 0 Å². The second-order valence-electron chi connectivity index (χ2n) is 8.69. The molecule has 2 aromatic heterocycles. The molecule has 0 saturated heterocycles. The quantitative estimate of drug-likeness (QED) is 0.688. The highest BCUT2D eigenvalue weighted by atomic mass is 15.3. The van der Waals surface area contributed by atoms with Crippen molar-refractivity contribution < 1.29 is 0 Å². The van der Waals surface area contributed by atoms with E-state index in [4.69, 9.17) is 4.98 Å². The molecule has 0 saturated carbocycles. The van der Waals surface area contributed by atoms with Gasteiger partial charge in [-0.15, -0.1) is 0 Å². The number of anilines is 1. The van der Waals surface area contributed by atoms with Gasteiger partial charge < -0.3 is 4.90 Å². The number of nitrogens with zero attached hydrogens (tertiary/aromatic N) is 5. The topological polar surface area (TPSA) is 46.8 Å². The summed E-state index contributed by atoms with van der Waals surface area (Å²) in [6.45, 7) is 12.5. The summed E-state index contributed by atoms with van der Waals surface area (Å²) in [6.07, 6.45) is 3.87. The largest absolute Gasteiger partial charge is 0.351 e. The van der Waals surface area contributed by atoms with Crippen LogP contribution >= 0.6 is 0 Å². The van der Waals surface area contributed by atoms with Crippen molar-refractivity contribution >= 4 is 5.82 Å². The molecule has 1 aliphatic rings. The van der Waals surface area contributed by atoms with E-state index in [2.05, 4.69) is 77.7 Å². The maximum Gasteiger partial charge on any atom is 0.136 e. The molecular formula is C23H29N5.